The zero-order valence-corrected chi connectivity index (χ0v) is 13.0. The van der Waals surface area contributed by atoms with Crippen LogP contribution >= 0.6 is 15.9 Å². The van der Waals surface area contributed by atoms with Gasteiger partial charge in [0.1, 0.15) is 10.4 Å². The molecule has 0 saturated heterocycles. The largest absolute Gasteiger partial charge is 0.508 e. The van der Waals surface area contributed by atoms with Crippen LogP contribution in [0.5, 0.6) is 11.6 Å². The number of nitrogens with zero attached hydrogens (tertiary/aromatic N) is 1. The van der Waals surface area contributed by atoms with Gasteiger partial charge in [0.2, 0.25) is 5.88 Å². The zero-order valence-electron chi connectivity index (χ0n) is 11.4. The highest BCUT2D eigenvalue weighted by atomic mass is 79.9. The lowest BCUT2D eigenvalue weighted by Crippen LogP contribution is -2.10. The van der Waals surface area contributed by atoms with Crippen LogP contribution in [0.3, 0.4) is 0 Å². The minimum Gasteiger partial charge on any atom is -0.508 e. The second-order valence-electron chi connectivity index (χ2n) is 4.38. The topological polar surface area (TPSA) is 54.4 Å². The van der Waals surface area contributed by atoms with Gasteiger partial charge in [-0.15, -0.1) is 0 Å². The Morgan fingerprint density at radius 2 is 2.10 bits per heavy atom. The van der Waals surface area contributed by atoms with Gasteiger partial charge in [-0.1, -0.05) is 25.1 Å². The van der Waals surface area contributed by atoms with E-state index in [1.165, 1.54) is 0 Å². The van der Waals surface area contributed by atoms with Crippen molar-refractivity contribution >= 4 is 21.6 Å². The second kappa shape index (κ2) is 6.61. The Hall–Kier alpha value is -1.75. The van der Waals surface area contributed by atoms with Crippen LogP contribution in [0, 0.1) is 0 Å². The maximum Gasteiger partial charge on any atom is 0.216 e. The van der Waals surface area contributed by atoms with Crippen LogP contribution < -0.4 is 10.1 Å². The highest BCUT2D eigenvalue weighted by molar-refractivity contribution is 9.10. The summed E-state index contributed by atoms with van der Waals surface area (Å²) < 4.78 is 5.85. The molecule has 1 unspecified atom stereocenters. The number of ether oxygens (including phenoxy) is 1. The Labute approximate surface area is 126 Å². The molecule has 5 heteroatoms. The average molecular weight is 337 g/mol. The predicted molar refractivity (Wildman–Crippen MR) is 83.3 cm³/mol. The Morgan fingerprint density at radius 1 is 1.35 bits per heavy atom. The number of benzene rings is 1. The molecule has 0 radical (unpaired) electrons. The lowest BCUT2D eigenvalue weighted by molar-refractivity contribution is 0.397. The van der Waals surface area contributed by atoms with Crippen molar-refractivity contribution in [2.24, 2.45) is 0 Å². The maximum atomic E-state index is 9.96. The zero-order chi connectivity index (χ0) is 14.5. The first-order valence-electron chi connectivity index (χ1n) is 6.40. The Kier molecular flexibility index (Phi) is 4.84. The predicted octanol–water partition coefficient (Wildman–Crippen LogP) is 4.12. The number of halogens is 1. The van der Waals surface area contributed by atoms with E-state index in [2.05, 4.69) is 33.2 Å². The summed E-state index contributed by atoms with van der Waals surface area (Å²) >= 11 is 3.36. The molecule has 20 heavy (non-hydrogen) atoms. The lowest BCUT2D eigenvalue weighted by atomic mass is 10.0. The number of nitrogens with one attached hydrogen (secondary N) is 1. The monoisotopic (exact) mass is 336 g/mol. The van der Waals surface area contributed by atoms with E-state index >= 15 is 0 Å². The summed E-state index contributed by atoms with van der Waals surface area (Å²) in [5, 5.41) is 13.4. The number of phenols is 1. The molecule has 1 aromatic carbocycles. The van der Waals surface area contributed by atoms with Crippen molar-refractivity contribution in [3.63, 3.8) is 0 Å². The van der Waals surface area contributed by atoms with E-state index in [1.807, 2.05) is 30.3 Å². The summed E-state index contributed by atoms with van der Waals surface area (Å²) in [4.78, 5) is 4.18. The van der Waals surface area contributed by atoms with Crippen molar-refractivity contribution < 1.29 is 9.84 Å². The number of rotatable bonds is 5. The second-order valence-corrected chi connectivity index (χ2v) is 5.20. The molecule has 0 amide bonds. The molecule has 2 aromatic rings. The molecular formula is C15H17BrN2O2. The minimum absolute atomic E-state index is 0.0233. The molecule has 1 aromatic heterocycles. The van der Waals surface area contributed by atoms with Crippen molar-refractivity contribution in [1.29, 1.82) is 0 Å². The van der Waals surface area contributed by atoms with Crippen LogP contribution in [-0.4, -0.2) is 17.2 Å². The fourth-order valence-corrected chi connectivity index (χ4v) is 2.47. The number of hydrogen-bond acceptors (Lipinski definition) is 4. The van der Waals surface area contributed by atoms with Crippen molar-refractivity contribution in [2.45, 2.75) is 19.4 Å². The molecule has 0 aliphatic rings. The number of methoxy groups -OCH3 is 1. The first-order valence-corrected chi connectivity index (χ1v) is 7.19. The van der Waals surface area contributed by atoms with Gasteiger partial charge in [-0.2, -0.15) is 0 Å². The summed E-state index contributed by atoms with van der Waals surface area (Å²) in [7, 11) is 1.58. The molecular weight excluding hydrogens is 320 g/mol. The van der Waals surface area contributed by atoms with E-state index in [9.17, 15) is 5.11 Å². The van der Waals surface area contributed by atoms with E-state index in [4.69, 9.17) is 4.74 Å². The number of phenolic OH excluding ortho intramolecular Hbond substituents is 1. The summed E-state index contributed by atoms with van der Waals surface area (Å²) in [6.07, 6.45) is 0.847. The molecule has 4 nitrogen and oxygen atoms in total. The van der Waals surface area contributed by atoms with Crippen LogP contribution in [0.1, 0.15) is 24.9 Å². The highest BCUT2D eigenvalue weighted by Crippen LogP contribution is 2.30. The van der Waals surface area contributed by atoms with Gasteiger partial charge in [0.15, 0.2) is 0 Å². The Morgan fingerprint density at radius 3 is 2.75 bits per heavy atom. The van der Waals surface area contributed by atoms with Gasteiger partial charge in [-0.25, -0.2) is 4.98 Å². The Bertz CT molecular complexity index is 590. The number of para-hydroxylation sites is 1. The molecule has 0 spiro atoms. The van der Waals surface area contributed by atoms with Gasteiger partial charge < -0.3 is 15.2 Å². The standard InChI is InChI=1S/C15H17BrN2O2/c1-3-12(11-6-4-5-7-13(11)19)17-10-8-14(16)18-15(9-10)20-2/h4-9,12,19H,3H2,1-2H3,(H,17,18). The molecule has 0 fully saturated rings. The van der Waals surface area contributed by atoms with E-state index in [0.29, 0.717) is 16.2 Å². The molecule has 0 aliphatic heterocycles. The van der Waals surface area contributed by atoms with Gasteiger partial charge in [0, 0.05) is 17.3 Å². The summed E-state index contributed by atoms with van der Waals surface area (Å²) in [5.74, 6) is 0.834. The number of aromatic nitrogens is 1. The number of pyridine rings is 1. The molecule has 2 N–H and O–H groups in total. The summed E-state index contributed by atoms with van der Waals surface area (Å²) in [6.45, 7) is 2.07. The van der Waals surface area contributed by atoms with Crippen LogP contribution in [0.25, 0.3) is 0 Å². The summed E-state index contributed by atoms with van der Waals surface area (Å²) in [5.41, 5.74) is 1.76. The Balaban J connectivity index is 2.27. The van der Waals surface area contributed by atoms with E-state index in [1.54, 1.807) is 13.2 Å². The van der Waals surface area contributed by atoms with Crippen molar-refractivity contribution in [3.05, 3.63) is 46.6 Å². The minimum atomic E-state index is 0.0233. The van der Waals surface area contributed by atoms with Crippen molar-refractivity contribution in [1.82, 2.24) is 4.98 Å². The molecule has 1 heterocycles. The van der Waals surface area contributed by atoms with E-state index in [-0.39, 0.29) is 6.04 Å². The van der Waals surface area contributed by atoms with Crippen molar-refractivity contribution in [3.8, 4) is 11.6 Å². The number of anilines is 1. The molecule has 106 valence electrons. The van der Waals surface area contributed by atoms with Gasteiger partial charge in [-0.3, -0.25) is 0 Å². The average Bonchev–Trinajstić information content (AvgIpc) is 2.45. The number of aromatic hydroxyl groups is 1. The SMILES string of the molecule is CCC(Nc1cc(Br)nc(OC)c1)c1ccccc1O. The smallest absolute Gasteiger partial charge is 0.216 e. The van der Waals surface area contributed by atoms with Crippen LogP contribution in [0.15, 0.2) is 41.0 Å². The van der Waals surface area contributed by atoms with Gasteiger partial charge in [0.25, 0.3) is 0 Å². The molecule has 2 rings (SSSR count). The normalized spacial score (nSPS) is 11.9. The quantitative estimate of drug-likeness (QED) is 0.806. The van der Waals surface area contributed by atoms with Gasteiger partial charge in [0.05, 0.1) is 13.2 Å². The molecule has 0 saturated carbocycles. The fraction of sp³-hybridized carbons (Fsp3) is 0.267. The lowest BCUT2D eigenvalue weighted by Gasteiger charge is -2.20. The van der Waals surface area contributed by atoms with Gasteiger partial charge in [-0.05, 0) is 34.5 Å². The van der Waals surface area contributed by atoms with Crippen LogP contribution in [0.4, 0.5) is 5.69 Å². The molecule has 0 aliphatic carbocycles. The number of hydrogen-bond donors (Lipinski definition) is 2. The fourth-order valence-electron chi connectivity index (χ4n) is 2.04. The first kappa shape index (κ1) is 14.7. The van der Waals surface area contributed by atoms with Crippen LogP contribution in [-0.2, 0) is 0 Å². The van der Waals surface area contributed by atoms with Gasteiger partial charge >= 0.3 is 0 Å². The third-order valence-corrected chi connectivity index (χ3v) is 3.45. The van der Waals surface area contributed by atoms with Crippen molar-refractivity contribution in [2.75, 3.05) is 12.4 Å². The third-order valence-electron chi connectivity index (χ3n) is 3.04. The first-order chi connectivity index (χ1) is 9.63. The summed E-state index contributed by atoms with van der Waals surface area (Å²) in [6, 6.07) is 11.1. The molecule has 0 bridgehead atoms. The van der Waals surface area contributed by atoms with Crippen LogP contribution in [0.2, 0.25) is 0 Å². The maximum absolute atomic E-state index is 9.96. The highest BCUT2D eigenvalue weighted by Gasteiger charge is 2.13. The molecule has 1 atom stereocenters. The van der Waals surface area contributed by atoms with E-state index in [0.717, 1.165) is 17.7 Å². The van der Waals surface area contributed by atoms with E-state index < -0.39 is 0 Å². The third kappa shape index (κ3) is 3.42.